The van der Waals surface area contributed by atoms with Crippen LogP contribution in [0.4, 0.5) is 5.69 Å². The maximum Gasteiger partial charge on any atom is 0.236 e. The molecule has 0 aliphatic carbocycles. The summed E-state index contributed by atoms with van der Waals surface area (Å²) >= 11 is 0. The predicted octanol–water partition coefficient (Wildman–Crippen LogP) is 3.41. The average molecular weight is 375 g/mol. The number of rotatable bonds is 6. The SMILES string of the molecule is Cc1ccccc1CS(=O)(=O)Nc1ccc(OC2CCN(C)CC2)cc1. The fourth-order valence-corrected chi connectivity index (χ4v) is 4.39. The van der Waals surface area contributed by atoms with Crippen LogP contribution in [0, 0.1) is 6.92 Å². The highest BCUT2D eigenvalue weighted by Gasteiger charge is 2.18. The van der Waals surface area contributed by atoms with Gasteiger partial charge in [-0.05, 0) is 62.2 Å². The van der Waals surface area contributed by atoms with Crippen LogP contribution in [-0.2, 0) is 15.8 Å². The molecule has 26 heavy (non-hydrogen) atoms. The molecule has 0 spiro atoms. The Morgan fingerprint density at radius 2 is 1.73 bits per heavy atom. The van der Waals surface area contributed by atoms with Gasteiger partial charge in [-0.3, -0.25) is 4.72 Å². The van der Waals surface area contributed by atoms with E-state index in [2.05, 4.69) is 16.7 Å². The highest BCUT2D eigenvalue weighted by Crippen LogP contribution is 2.22. The van der Waals surface area contributed by atoms with Crippen molar-refractivity contribution in [1.82, 2.24) is 4.90 Å². The Hall–Kier alpha value is -2.05. The van der Waals surface area contributed by atoms with Gasteiger partial charge in [0.2, 0.25) is 10.0 Å². The second kappa shape index (κ2) is 8.10. The van der Waals surface area contributed by atoms with Gasteiger partial charge >= 0.3 is 0 Å². The third-order valence-corrected chi connectivity index (χ3v) is 5.94. The second-order valence-corrected chi connectivity index (χ2v) is 8.65. The number of likely N-dealkylation sites (tertiary alicyclic amines) is 1. The number of sulfonamides is 1. The molecule has 1 aliphatic rings. The Bertz CT molecular complexity index is 826. The molecule has 0 bridgehead atoms. The number of nitrogens with one attached hydrogen (secondary N) is 1. The van der Waals surface area contributed by atoms with E-state index < -0.39 is 10.0 Å². The maximum atomic E-state index is 12.4. The van der Waals surface area contributed by atoms with Gasteiger partial charge in [-0.25, -0.2) is 8.42 Å². The lowest BCUT2D eigenvalue weighted by molar-refractivity contribution is 0.114. The Labute approximate surface area is 156 Å². The van der Waals surface area contributed by atoms with Crippen molar-refractivity contribution in [2.24, 2.45) is 0 Å². The van der Waals surface area contributed by atoms with Gasteiger partial charge in [-0.2, -0.15) is 0 Å². The van der Waals surface area contributed by atoms with Crippen molar-refractivity contribution in [3.05, 3.63) is 59.7 Å². The normalized spacial score (nSPS) is 16.4. The first-order chi connectivity index (χ1) is 12.4. The van der Waals surface area contributed by atoms with Gasteiger partial charge in [0.05, 0.1) is 5.75 Å². The molecule has 1 N–H and O–H groups in total. The molecular formula is C20H26N2O3S. The van der Waals surface area contributed by atoms with Gasteiger partial charge in [-0.1, -0.05) is 24.3 Å². The lowest BCUT2D eigenvalue weighted by Gasteiger charge is -2.29. The monoisotopic (exact) mass is 374 g/mol. The standard InChI is InChI=1S/C20H26N2O3S/c1-16-5-3-4-6-17(16)15-26(23,24)21-18-7-9-19(10-8-18)25-20-11-13-22(2)14-12-20/h3-10,20-21H,11-15H2,1-2H3. The van der Waals surface area contributed by atoms with E-state index in [0.29, 0.717) is 5.69 Å². The van der Waals surface area contributed by atoms with E-state index in [-0.39, 0.29) is 11.9 Å². The lowest BCUT2D eigenvalue weighted by Crippen LogP contribution is -2.35. The van der Waals surface area contributed by atoms with Crippen LogP contribution in [0.5, 0.6) is 5.75 Å². The molecule has 1 aliphatic heterocycles. The molecule has 0 aromatic heterocycles. The zero-order valence-corrected chi connectivity index (χ0v) is 16.1. The predicted molar refractivity (Wildman–Crippen MR) is 105 cm³/mol. The Morgan fingerprint density at radius 1 is 1.08 bits per heavy atom. The van der Waals surface area contributed by atoms with Gasteiger partial charge in [0.15, 0.2) is 0 Å². The second-order valence-electron chi connectivity index (χ2n) is 6.93. The van der Waals surface area contributed by atoms with Crippen LogP contribution in [0.2, 0.25) is 0 Å². The van der Waals surface area contributed by atoms with Gasteiger partial charge in [0.1, 0.15) is 11.9 Å². The minimum atomic E-state index is -3.45. The molecule has 6 heteroatoms. The van der Waals surface area contributed by atoms with Crippen molar-refractivity contribution in [2.75, 3.05) is 24.9 Å². The third kappa shape index (κ3) is 5.22. The quantitative estimate of drug-likeness (QED) is 0.842. The van der Waals surface area contributed by atoms with Crippen LogP contribution in [0.15, 0.2) is 48.5 Å². The first-order valence-corrected chi connectivity index (χ1v) is 10.6. The highest BCUT2D eigenvalue weighted by atomic mass is 32.2. The largest absolute Gasteiger partial charge is 0.490 e. The first kappa shape index (κ1) is 18.7. The summed E-state index contributed by atoms with van der Waals surface area (Å²) in [6.45, 7) is 4.00. The molecule has 2 aromatic carbocycles. The smallest absolute Gasteiger partial charge is 0.236 e. The van der Waals surface area contributed by atoms with Gasteiger partial charge < -0.3 is 9.64 Å². The maximum absolute atomic E-state index is 12.4. The number of piperidine rings is 1. The molecule has 0 radical (unpaired) electrons. The van der Waals surface area contributed by atoms with E-state index in [1.54, 1.807) is 12.1 Å². The van der Waals surface area contributed by atoms with Crippen LogP contribution in [-0.4, -0.2) is 39.6 Å². The van der Waals surface area contributed by atoms with E-state index in [9.17, 15) is 8.42 Å². The molecule has 0 amide bonds. The highest BCUT2D eigenvalue weighted by molar-refractivity contribution is 7.91. The van der Waals surface area contributed by atoms with Crippen molar-refractivity contribution >= 4 is 15.7 Å². The summed E-state index contributed by atoms with van der Waals surface area (Å²) in [5.41, 5.74) is 2.33. The summed E-state index contributed by atoms with van der Waals surface area (Å²) < 4.78 is 33.5. The Balaban J connectivity index is 1.59. The minimum absolute atomic E-state index is 0.0342. The molecule has 140 valence electrons. The van der Waals surface area contributed by atoms with Gasteiger partial charge in [0.25, 0.3) is 0 Å². The Morgan fingerprint density at radius 3 is 2.38 bits per heavy atom. The Kier molecular flexibility index (Phi) is 5.84. The fraction of sp³-hybridized carbons (Fsp3) is 0.400. The molecule has 0 atom stereocenters. The van der Waals surface area contributed by atoms with Gasteiger partial charge in [0, 0.05) is 18.8 Å². The summed E-state index contributed by atoms with van der Waals surface area (Å²) in [5.74, 6) is 0.745. The van der Waals surface area contributed by atoms with Crippen molar-refractivity contribution in [3.8, 4) is 5.75 Å². The molecule has 2 aromatic rings. The summed E-state index contributed by atoms with van der Waals surface area (Å²) in [7, 11) is -1.33. The number of aryl methyl sites for hydroxylation is 1. The van der Waals surface area contributed by atoms with Crippen molar-refractivity contribution in [3.63, 3.8) is 0 Å². The van der Waals surface area contributed by atoms with Crippen LogP contribution in [0.1, 0.15) is 24.0 Å². The van der Waals surface area contributed by atoms with Crippen molar-refractivity contribution in [1.29, 1.82) is 0 Å². The molecule has 5 nitrogen and oxygen atoms in total. The number of anilines is 1. The zero-order valence-electron chi connectivity index (χ0n) is 15.3. The van der Waals surface area contributed by atoms with Crippen molar-refractivity contribution in [2.45, 2.75) is 31.6 Å². The number of hydrogen-bond donors (Lipinski definition) is 1. The summed E-state index contributed by atoms with van der Waals surface area (Å²) in [6, 6.07) is 14.7. The summed E-state index contributed by atoms with van der Waals surface area (Å²) in [5, 5.41) is 0. The van der Waals surface area contributed by atoms with E-state index in [1.807, 2.05) is 43.3 Å². The molecule has 3 rings (SSSR count). The van der Waals surface area contributed by atoms with E-state index >= 15 is 0 Å². The topological polar surface area (TPSA) is 58.6 Å². The van der Waals surface area contributed by atoms with Crippen LogP contribution < -0.4 is 9.46 Å². The van der Waals surface area contributed by atoms with E-state index in [0.717, 1.165) is 42.8 Å². The average Bonchev–Trinajstić information content (AvgIpc) is 2.60. The molecule has 0 saturated carbocycles. The lowest BCUT2D eigenvalue weighted by atomic mass is 10.1. The minimum Gasteiger partial charge on any atom is -0.490 e. The van der Waals surface area contributed by atoms with Crippen LogP contribution >= 0.6 is 0 Å². The number of ether oxygens (including phenoxy) is 1. The first-order valence-electron chi connectivity index (χ1n) is 8.91. The van der Waals surface area contributed by atoms with Gasteiger partial charge in [-0.15, -0.1) is 0 Å². The van der Waals surface area contributed by atoms with E-state index in [4.69, 9.17) is 4.74 Å². The summed E-state index contributed by atoms with van der Waals surface area (Å²) in [6.07, 6.45) is 2.26. The third-order valence-electron chi connectivity index (χ3n) is 4.70. The van der Waals surface area contributed by atoms with Crippen molar-refractivity contribution < 1.29 is 13.2 Å². The van der Waals surface area contributed by atoms with Crippen LogP contribution in [0.3, 0.4) is 0 Å². The molecule has 1 fully saturated rings. The molecular weight excluding hydrogens is 348 g/mol. The summed E-state index contributed by atoms with van der Waals surface area (Å²) in [4.78, 5) is 2.30. The number of benzene rings is 2. The fourth-order valence-electron chi connectivity index (χ4n) is 3.09. The number of hydrogen-bond acceptors (Lipinski definition) is 4. The molecule has 0 unspecified atom stereocenters. The zero-order chi connectivity index (χ0) is 18.6. The van der Waals surface area contributed by atoms with Crippen LogP contribution in [0.25, 0.3) is 0 Å². The molecule has 1 heterocycles. The molecule has 1 saturated heterocycles. The van der Waals surface area contributed by atoms with E-state index in [1.165, 1.54) is 0 Å². The number of nitrogens with zero attached hydrogens (tertiary/aromatic N) is 1.